The van der Waals surface area contributed by atoms with E-state index in [4.69, 9.17) is 0 Å². The van der Waals surface area contributed by atoms with Crippen molar-refractivity contribution < 1.29 is 0 Å². The molecule has 0 aromatic heterocycles. The van der Waals surface area contributed by atoms with Crippen LogP contribution in [0.4, 0.5) is 0 Å². The second-order valence-corrected chi connectivity index (χ2v) is 9.29. The van der Waals surface area contributed by atoms with E-state index in [1.54, 1.807) is 25.7 Å². The van der Waals surface area contributed by atoms with Gasteiger partial charge in [0.25, 0.3) is 0 Å². The Bertz CT molecular complexity index is 399. The van der Waals surface area contributed by atoms with Crippen LogP contribution in [0.15, 0.2) is 11.1 Å². The molecule has 3 saturated carbocycles. The average Bonchev–Trinajstić information content (AvgIpc) is 3.19. The molecule has 4 aliphatic carbocycles. The first-order chi connectivity index (χ1) is 10.1. The minimum Gasteiger partial charge on any atom is -0.0676 e. The minimum atomic E-state index is 0.626. The molecule has 118 valence electrons. The quantitative estimate of drug-likeness (QED) is 0.430. The maximum Gasteiger partial charge on any atom is -0.00828 e. The van der Waals surface area contributed by atoms with Gasteiger partial charge in [-0.3, -0.25) is 0 Å². The molecule has 0 radical (unpaired) electrons. The fourth-order valence-corrected chi connectivity index (χ4v) is 7.24. The summed E-state index contributed by atoms with van der Waals surface area (Å²) in [4.78, 5) is 0. The third-order valence-electron chi connectivity index (χ3n) is 8.37. The predicted molar refractivity (Wildman–Crippen MR) is 90.3 cm³/mol. The van der Waals surface area contributed by atoms with E-state index in [-0.39, 0.29) is 0 Å². The van der Waals surface area contributed by atoms with Crippen molar-refractivity contribution in [2.45, 2.75) is 104 Å². The SMILES string of the molecule is CC1=C(C)C2(CCCC2)CC2(CCCC2)CC12CCCC2. The van der Waals surface area contributed by atoms with Gasteiger partial charge in [-0.05, 0) is 81.5 Å². The van der Waals surface area contributed by atoms with Crippen LogP contribution in [0.25, 0.3) is 0 Å². The molecule has 3 fully saturated rings. The third kappa shape index (κ3) is 2.07. The lowest BCUT2D eigenvalue weighted by Gasteiger charge is -2.41. The van der Waals surface area contributed by atoms with Crippen LogP contribution in [-0.2, 0) is 0 Å². The molecule has 0 aliphatic heterocycles. The summed E-state index contributed by atoms with van der Waals surface area (Å²) >= 11 is 0. The smallest absolute Gasteiger partial charge is 0.00828 e. The highest BCUT2D eigenvalue weighted by molar-refractivity contribution is 5.30. The predicted octanol–water partition coefficient (Wildman–Crippen LogP) is 6.80. The van der Waals surface area contributed by atoms with Crippen LogP contribution >= 0.6 is 0 Å². The van der Waals surface area contributed by atoms with Crippen molar-refractivity contribution in [3.05, 3.63) is 11.1 Å². The molecule has 0 bridgehead atoms. The van der Waals surface area contributed by atoms with E-state index in [1.807, 2.05) is 11.1 Å². The summed E-state index contributed by atoms with van der Waals surface area (Å²) in [6.07, 6.45) is 21.3. The molecule has 3 spiro atoms. The van der Waals surface area contributed by atoms with Gasteiger partial charge in [0.15, 0.2) is 0 Å². The average molecular weight is 287 g/mol. The zero-order valence-corrected chi connectivity index (χ0v) is 14.4. The summed E-state index contributed by atoms with van der Waals surface area (Å²) in [6.45, 7) is 5.10. The normalized spacial score (nSPS) is 33.4. The molecule has 0 heteroatoms. The largest absolute Gasteiger partial charge is 0.0676 e. The van der Waals surface area contributed by atoms with Gasteiger partial charge >= 0.3 is 0 Å². The Balaban J connectivity index is 1.82. The standard InChI is InChI=1S/C21H34/c1-17-18(2)21(13-7-8-14-21)16-19(9-3-4-10-19)15-20(17)11-5-6-12-20/h3-16H2,1-2H3. The van der Waals surface area contributed by atoms with E-state index in [2.05, 4.69) is 13.8 Å². The van der Waals surface area contributed by atoms with Crippen LogP contribution in [-0.4, -0.2) is 0 Å². The molecular formula is C21H34. The highest BCUT2D eigenvalue weighted by Gasteiger charge is 2.53. The van der Waals surface area contributed by atoms with E-state index < -0.39 is 0 Å². The first-order valence-electron chi connectivity index (χ1n) is 9.79. The molecule has 4 rings (SSSR count). The van der Waals surface area contributed by atoms with Gasteiger partial charge in [-0.2, -0.15) is 0 Å². The first-order valence-corrected chi connectivity index (χ1v) is 9.79. The van der Waals surface area contributed by atoms with Gasteiger partial charge in [0.05, 0.1) is 0 Å². The molecule has 0 heterocycles. The Labute approximate surface area is 131 Å². The fourth-order valence-electron chi connectivity index (χ4n) is 7.24. The molecule has 21 heavy (non-hydrogen) atoms. The van der Waals surface area contributed by atoms with Crippen LogP contribution in [0, 0.1) is 16.2 Å². The van der Waals surface area contributed by atoms with Gasteiger partial charge in [0.2, 0.25) is 0 Å². The zero-order valence-electron chi connectivity index (χ0n) is 14.4. The number of allylic oxidation sites excluding steroid dienone is 2. The van der Waals surface area contributed by atoms with Crippen molar-refractivity contribution >= 4 is 0 Å². The molecule has 0 atom stereocenters. The topological polar surface area (TPSA) is 0 Å². The van der Waals surface area contributed by atoms with Gasteiger partial charge in [0, 0.05) is 0 Å². The van der Waals surface area contributed by atoms with Crippen molar-refractivity contribution in [3.63, 3.8) is 0 Å². The summed E-state index contributed by atoms with van der Waals surface area (Å²) in [6, 6.07) is 0. The molecule has 4 aliphatic rings. The number of hydrogen-bond acceptors (Lipinski definition) is 0. The maximum absolute atomic E-state index is 2.55. The molecule has 0 aromatic carbocycles. The second kappa shape index (κ2) is 4.87. The molecule has 0 unspecified atom stereocenters. The summed E-state index contributed by atoms with van der Waals surface area (Å²) in [5.41, 5.74) is 5.71. The Morgan fingerprint density at radius 1 is 0.524 bits per heavy atom. The van der Waals surface area contributed by atoms with Crippen LogP contribution in [0.1, 0.15) is 104 Å². The van der Waals surface area contributed by atoms with Crippen molar-refractivity contribution in [2.24, 2.45) is 16.2 Å². The molecule has 0 amide bonds. The summed E-state index contributed by atoms with van der Waals surface area (Å²) < 4.78 is 0. The van der Waals surface area contributed by atoms with Crippen molar-refractivity contribution in [1.29, 1.82) is 0 Å². The summed E-state index contributed by atoms with van der Waals surface area (Å²) in [7, 11) is 0. The van der Waals surface area contributed by atoms with Crippen molar-refractivity contribution in [1.82, 2.24) is 0 Å². The first kappa shape index (κ1) is 14.3. The van der Waals surface area contributed by atoms with Gasteiger partial charge in [-0.15, -0.1) is 0 Å². The van der Waals surface area contributed by atoms with E-state index in [0.29, 0.717) is 10.8 Å². The Hall–Kier alpha value is -0.260. The lowest BCUT2D eigenvalue weighted by molar-refractivity contribution is 0.117. The Morgan fingerprint density at radius 2 is 0.857 bits per heavy atom. The number of hydrogen-bond donors (Lipinski definition) is 0. The second-order valence-electron chi connectivity index (χ2n) is 9.29. The monoisotopic (exact) mass is 286 g/mol. The minimum absolute atomic E-state index is 0.626. The lowest BCUT2D eigenvalue weighted by atomic mass is 9.64. The van der Waals surface area contributed by atoms with Gasteiger partial charge in [-0.25, -0.2) is 0 Å². The van der Waals surface area contributed by atoms with Crippen LogP contribution in [0.2, 0.25) is 0 Å². The van der Waals surface area contributed by atoms with E-state index in [1.165, 1.54) is 64.2 Å². The van der Waals surface area contributed by atoms with Crippen LogP contribution < -0.4 is 0 Å². The Morgan fingerprint density at radius 3 is 1.24 bits per heavy atom. The number of rotatable bonds is 0. The van der Waals surface area contributed by atoms with E-state index >= 15 is 0 Å². The lowest BCUT2D eigenvalue weighted by Crippen LogP contribution is -2.30. The van der Waals surface area contributed by atoms with Crippen LogP contribution in [0.3, 0.4) is 0 Å². The molecule has 0 N–H and O–H groups in total. The summed E-state index contributed by atoms with van der Waals surface area (Å²) in [5.74, 6) is 0. The van der Waals surface area contributed by atoms with Crippen LogP contribution in [0.5, 0.6) is 0 Å². The third-order valence-corrected chi connectivity index (χ3v) is 8.37. The van der Waals surface area contributed by atoms with E-state index in [0.717, 1.165) is 5.41 Å². The highest BCUT2D eigenvalue weighted by Crippen LogP contribution is 2.66. The van der Waals surface area contributed by atoms with Crippen molar-refractivity contribution in [2.75, 3.05) is 0 Å². The van der Waals surface area contributed by atoms with Gasteiger partial charge in [0.1, 0.15) is 0 Å². The Kier molecular flexibility index (Phi) is 3.32. The highest BCUT2D eigenvalue weighted by atomic mass is 14.6. The molecule has 0 nitrogen and oxygen atoms in total. The zero-order chi connectivity index (χ0) is 14.6. The maximum atomic E-state index is 2.55. The molecule has 0 saturated heterocycles. The van der Waals surface area contributed by atoms with Gasteiger partial charge in [-0.1, -0.05) is 49.7 Å². The van der Waals surface area contributed by atoms with Crippen molar-refractivity contribution in [3.8, 4) is 0 Å². The van der Waals surface area contributed by atoms with E-state index in [9.17, 15) is 0 Å². The fraction of sp³-hybridized carbons (Fsp3) is 0.905. The molecular weight excluding hydrogens is 252 g/mol. The molecule has 0 aromatic rings. The van der Waals surface area contributed by atoms with Gasteiger partial charge < -0.3 is 0 Å². The summed E-state index contributed by atoms with van der Waals surface area (Å²) in [5, 5.41) is 0.